The zero-order valence-corrected chi connectivity index (χ0v) is 15.0. The number of aromatic hydroxyl groups is 3. The monoisotopic (exact) mass is 367 g/mol. The molecule has 0 aliphatic carbocycles. The number of rotatable bonds is 2. The van der Waals surface area contributed by atoms with Crippen molar-refractivity contribution in [1.82, 2.24) is 4.90 Å². The lowest BCUT2D eigenvalue weighted by molar-refractivity contribution is 0.181. The molecule has 1 saturated heterocycles. The molecule has 0 bridgehead atoms. The van der Waals surface area contributed by atoms with Gasteiger partial charge in [-0.15, -0.1) is 0 Å². The highest BCUT2D eigenvalue weighted by atomic mass is 16.3. The second kappa shape index (κ2) is 6.63. The van der Waals surface area contributed by atoms with Crippen LogP contribution in [-0.4, -0.2) is 33.8 Å². The summed E-state index contributed by atoms with van der Waals surface area (Å²) >= 11 is 0. The molecular weight excluding hydrogens is 346 g/mol. The second-order valence-corrected chi connectivity index (χ2v) is 7.05. The molecule has 140 valence electrons. The first-order chi connectivity index (χ1) is 13.0. The third kappa shape index (κ3) is 3.02. The zero-order valence-electron chi connectivity index (χ0n) is 15.0. The van der Waals surface area contributed by atoms with E-state index >= 15 is 0 Å². The van der Waals surface area contributed by atoms with Gasteiger partial charge in [-0.05, 0) is 50.7 Å². The van der Waals surface area contributed by atoms with Crippen LogP contribution in [0.2, 0.25) is 0 Å². The van der Waals surface area contributed by atoms with Gasteiger partial charge in [-0.1, -0.05) is 6.42 Å². The Balaban J connectivity index is 1.89. The van der Waals surface area contributed by atoms with Gasteiger partial charge in [0.05, 0.1) is 5.56 Å². The molecule has 6 heteroatoms. The molecule has 1 fully saturated rings. The minimum atomic E-state index is -0.378. The standard InChI is InChI=1S/C21H21NO5/c1-22-9-3-2-4-14(22)19-15(24)11-18-20(21(19)26)16(25)10-17(27-18)12-5-7-13(23)8-6-12/h5-8,10-11,14,23-24,26H,2-4,9H2,1H3/t14-/m1/s1. The van der Waals surface area contributed by atoms with Gasteiger partial charge in [-0.2, -0.15) is 0 Å². The van der Waals surface area contributed by atoms with E-state index in [1.807, 2.05) is 7.05 Å². The summed E-state index contributed by atoms with van der Waals surface area (Å²) in [5, 5.41) is 30.9. The van der Waals surface area contributed by atoms with E-state index in [2.05, 4.69) is 4.90 Å². The Kier molecular flexibility index (Phi) is 4.28. The van der Waals surface area contributed by atoms with Crippen LogP contribution in [0.4, 0.5) is 0 Å². The summed E-state index contributed by atoms with van der Waals surface area (Å²) in [5.74, 6) is 0.117. The van der Waals surface area contributed by atoms with Gasteiger partial charge >= 0.3 is 0 Å². The van der Waals surface area contributed by atoms with Crippen molar-refractivity contribution in [3.63, 3.8) is 0 Å². The van der Waals surface area contributed by atoms with Crippen molar-refractivity contribution in [2.24, 2.45) is 0 Å². The SMILES string of the molecule is CN1CCCC[C@@H]1c1c(O)cc2oc(-c3ccc(O)cc3)cc(=O)c2c1O. The average molecular weight is 367 g/mol. The van der Waals surface area contributed by atoms with E-state index in [4.69, 9.17) is 4.42 Å². The second-order valence-electron chi connectivity index (χ2n) is 7.05. The lowest BCUT2D eigenvalue weighted by atomic mass is 9.93. The van der Waals surface area contributed by atoms with E-state index in [0.717, 1.165) is 25.8 Å². The van der Waals surface area contributed by atoms with Crippen molar-refractivity contribution in [2.75, 3.05) is 13.6 Å². The van der Waals surface area contributed by atoms with E-state index in [1.165, 1.54) is 24.3 Å². The summed E-state index contributed by atoms with van der Waals surface area (Å²) in [5.41, 5.74) is 0.746. The number of nitrogens with zero attached hydrogens (tertiary/aromatic N) is 1. The number of hydrogen-bond acceptors (Lipinski definition) is 6. The van der Waals surface area contributed by atoms with E-state index in [0.29, 0.717) is 16.9 Å². The summed E-state index contributed by atoms with van der Waals surface area (Å²) in [4.78, 5) is 14.8. The molecule has 2 heterocycles. The van der Waals surface area contributed by atoms with Gasteiger partial charge in [-0.3, -0.25) is 9.69 Å². The first-order valence-electron chi connectivity index (χ1n) is 8.98. The van der Waals surface area contributed by atoms with Gasteiger partial charge in [0, 0.05) is 23.7 Å². The van der Waals surface area contributed by atoms with Crippen LogP contribution in [0.15, 0.2) is 45.6 Å². The maximum absolute atomic E-state index is 12.7. The lowest BCUT2D eigenvalue weighted by Crippen LogP contribution is -2.29. The molecule has 1 aromatic heterocycles. The number of benzene rings is 2. The summed E-state index contributed by atoms with van der Waals surface area (Å²) in [6.07, 6.45) is 2.88. The lowest BCUT2D eigenvalue weighted by Gasteiger charge is -2.33. The molecule has 6 nitrogen and oxygen atoms in total. The minimum Gasteiger partial charge on any atom is -0.508 e. The number of piperidine rings is 1. The van der Waals surface area contributed by atoms with Crippen molar-refractivity contribution < 1.29 is 19.7 Å². The molecule has 1 aliphatic heterocycles. The van der Waals surface area contributed by atoms with Gasteiger partial charge in [0.15, 0.2) is 5.43 Å². The molecule has 0 saturated carbocycles. The third-order valence-electron chi connectivity index (χ3n) is 5.27. The predicted molar refractivity (Wildman–Crippen MR) is 102 cm³/mol. The molecule has 1 atom stereocenters. The Morgan fingerprint density at radius 1 is 1.07 bits per heavy atom. The van der Waals surface area contributed by atoms with Crippen LogP contribution in [0.3, 0.4) is 0 Å². The van der Waals surface area contributed by atoms with Crippen LogP contribution in [0.25, 0.3) is 22.3 Å². The molecule has 2 aromatic carbocycles. The number of phenolic OH excluding ortho intramolecular Hbond substituents is 3. The van der Waals surface area contributed by atoms with Gasteiger partial charge in [0.25, 0.3) is 0 Å². The smallest absolute Gasteiger partial charge is 0.197 e. The fraction of sp³-hybridized carbons (Fsp3) is 0.286. The summed E-state index contributed by atoms with van der Waals surface area (Å²) in [6.45, 7) is 0.871. The van der Waals surface area contributed by atoms with E-state index in [9.17, 15) is 20.1 Å². The highest BCUT2D eigenvalue weighted by molar-refractivity contribution is 5.88. The molecule has 27 heavy (non-hydrogen) atoms. The number of likely N-dealkylation sites (tertiary alicyclic amines) is 1. The fourth-order valence-corrected chi connectivity index (χ4v) is 3.84. The highest BCUT2D eigenvalue weighted by Gasteiger charge is 2.28. The first kappa shape index (κ1) is 17.4. The minimum absolute atomic E-state index is 0.0734. The van der Waals surface area contributed by atoms with Crippen molar-refractivity contribution in [2.45, 2.75) is 25.3 Å². The number of fused-ring (bicyclic) bond motifs is 1. The molecule has 4 rings (SSSR count). The third-order valence-corrected chi connectivity index (χ3v) is 5.27. The number of hydrogen-bond donors (Lipinski definition) is 3. The van der Waals surface area contributed by atoms with Crippen LogP contribution in [0, 0.1) is 0 Å². The Hall–Kier alpha value is -2.99. The van der Waals surface area contributed by atoms with Crippen molar-refractivity contribution in [1.29, 1.82) is 0 Å². The molecule has 0 amide bonds. The molecule has 0 radical (unpaired) electrons. The van der Waals surface area contributed by atoms with Crippen LogP contribution in [-0.2, 0) is 0 Å². The Bertz CT molecular complexity index is 1050. The largest absolute Gasteiger partial charge is 0.508 e. The van der Waals surface area contributed by atoms with Crippen LogP contribution in [0.1, 0.15) is 30.9 Å². The maximum Gasteiger partial charge on any atom is 0.197 e. The van der Waals surface area contributed by atoms with Crippen LogP contribution < -0.4 is 5.43 Å². The van der Waals surface area contributed by atoms with Crippen LogP contribution in [0.5, 0.6) is 17.2 Å². The maximum atomic E-state index is 12.7. The normalized spacial score (nSPS) is 18.0. The van der Waals surface area contributed by atoms with E-state index in [-0.39, 0.29) is 39.7 Å². The van der Waals surface area contributed by atoms with Crippen LogP contribution >= 0.6 is 0 Å². The summed E-state index contributed by atoms with van der Waals surface area (Å²) in [7, 11) is 1.95. The van der Waals surface area contributed by atoms with Crippen molar-refractivity contribution in [3.05, 3.63) is 52.2 Å². The van der Waals surface area contributed by atoms with Gasteiger partial charge in [0.1, 0.15) is 34.0 Å². The predicted octanol–water partition coefficient (Wildman–Crippen LogP) is 3.73. The molecule has 1 aliphatic rings. The Labute approximate surface area is 155 Å². The molecule has 3 N–H and O–H groups in total. The molecule has 0 unspecified atom stereocenters. The average Bonchev–Trinajstić information content (AvgIpc) is 2.63. The zero-order chi connectivity index (χ0) is 19.1. The molecule has 0 spiro atoms. The van der Waals surface area contributed by atoms with Gasteiger partial charge in [-0.25, -0.2) is 0 Å². The van der Waals surface area contributed by atoms with E-state index in [1.54, 1.807) is 12.1 Å². The fourth-order valence-electron chi connectivity index (χ4n) is 3.84. The molecule has 3 aromatic rings. The van der Waals surface area contributed by atoms with Gasteiger partial charge in [0.2, 0.25) is 0 Å². The molecular formula is C21H21NO5. The van der Waals surface area contributed by atoms with Gasteiger partial charge < -0.3 is 19.7 Å². The summed E-state index contributed by atoms with van der Waals surface area (Å²) in [6, 6.07) is 8.83. The first-order valence-corrected chi connectivity index (χ1v) is 8.98. The quantitative estimate of drug-likeness (QED) is 0.639. The topological polar surface area (TPSA) is 94.1 Å². The highest BCUT2D eigenvalue weighted by Crippen LogP contribution is 2.43. The number of phenols is 3. The Morgan fingerprint density at radius 3 is 2.52 bits per heavy atom. The van der Waals surface area contributed by atoms with E-state index < -0.39 is 0 Å². The van der Waals surface area contributed by atoms with Crippen molar-refractivity contribution in [3.8, 4) is 28.6 Å². The van der Waals surface area contributed by atoms with Crippen molar-refractivity contribution >= 4 is 11.0 Å². The summed E-state index contributed by atoms with van der Waals surface area (Å²) < 4.78 is 5.78. The Morgan fingerprint density at radius 2 is 1.81 bits per heavy atom.